The first kappa shape index (κ1) is 19.5. The molecule has 1 amide bonds. The highest BCUT2D eigenvalue weighted by atomic mass is 32.2. The Morgan fingerprint density at radius 1 is 1.11 bits per heavy atom. The summed E-state index contributed by atoms with van der Waals surface area (Å²) in [4.78, 5) is 12.6. The number of nitrogens with zero attached hydrogens (tertiary/aromatic N) is 1. The van der Waals surface area contributed by atoms with Crippen LogP contribution in [0.3, 0.4) is 0 Å². The van der Waals surface area contributed by atoms with E-state index in [1.54, 1.807) is 37.3 Å². The number of benzene rings is 2. The van der Waals surface area contributed by atoms with Crippen LogP contribution in [0, 0.1) is 12.7 Å². The topological polar surface area (TPSA) is 66.5 Å². The number of carbonyl (C=O) groups is 1. The van der Waals surface area contributed by atoms with Gasteiger partial charge in [-0.1, -0.05) is 30.7 Å². The Balaban J connectivity index is 1.80. The van der Waals surface area contributed by atoms with Crippen LogP contribution >= 0.6 is 0 Å². The van der Waals surface area contributed by atoms with Gasteiger partial charge in [-0.3, -0.25) is 4.79 Å². The molecule has 0 aromatic heterocycles. The summed E-state index contributed by atoms with van der Waals surface area (Å²) in [5, 5.41) is 2.65. The summed E-state index contributed by atoms with van der Waals surface area (Å²) in [6.07, 6.45) is 2.73. The number of nitrogens with one attached hydrogen (secondary N) is 1. The summed E-state index contributed by atoms with van der Waals surface area (Å²) < 4.78 is 41.1. The fourth-order valence-corrected chi connectivity index (χ4v) is 4.95. The maximum atomic E-state index is 13.7. The largest absolute Gasteiger partial charge is 0.348 e. The summed E-state index contributed by atoms with van der Waals surface area (Å²) >= 11 is 0. The van der Waals surface area contributed by atoms with Crippen molar-refractivity contribution in [3.8, 4) is 0 Å². The van der Waals surface area contributed by atoms with Crippen LogP contribution in [0.25, 0.3) is 0 Å². The molecule has 0 atom stereocenters. The minimum Gasteiger partial charge on any atom is -0.348 e. The molecule has 3 rings (SSSR count). The highest BCUT2D eigenvalue weighted by molar-refractivity contribution is 7.89. The lowest BCUT2D eigenvalue weighted by atomic mass is 10.1. The lowest BCUT2D eigenvalue weighted by Gasteiger charge is -2.26. The van der Waals surface area contributed by atoms with Crippen LogP contribution in [-0.2, 0) is 16.6 Å². The molecule has 1 aliphatic heterocycles. The van der Waals surface area contributed by atoms with Crippen molar-refractivity contribution >= 4 is 15.9 Å². The van der Waals surface area contributed by atoms with Crippen molar-refractivity contribution in [1.82, 2.24) is 9.62 Å². The fourth-order valence-electron chi connectivity index (χ4n) is 3.18. The summed E-state index contributed by atoms with van der Waals surface area (Å²) in [5.41, 5.74) is 1.22. The van der Waals surface area contributed by atoms with Crippen LogP contribution in [0.4, 0.5) is 4.39 Å². The van der Waals surface area contributed by atoms with Gasteiger partial charge in [-0.2, -0.15) is 4.31 Å². The zero-order valence-corrected chi connectivity index (χ0v) is 16.1. The van der Waals surface area contributed by atoms with Crippen molar-refractivity contribution in [1.29, 1.82) is 0 Å². The second kappa shape index (κ2) is 8.19. The van der Waals surface area contributed by atoms with Crippen molar-refractivity contribution in [2.75, 3.05) is 13.1 Å². The SMILES string of the molecule is Cc1ccc(C(=O)NCc2ccccc2F)cc1S(=O)(=O)N1CCCCC1. The second-order valence-corrected chi connectivity index (χ2v) is 8.63. The Kier molecular flexibility index (Phi) is 5.92. The molecule has 1 saturated heterocycles. The Bertz CT molecular complexity index is 938. The molecular weight excluding hydrogens is 367 g/mol. The Labute approximate surface area is 159 Å². The maximum absolute atomic E-state index is 13.7. The molecule has 1 aliphatic rings. The molecule has 0 unspecified atom stereocenters. The molecule has 144 valence electrons. The summed E-state index contributed by atoms with van der Waals surface area (Å²) in [6, 6.07) is 10.8. The number of hydrogen-bond donors (Lipinski definition) is 1. The molecule has 5 nitrogen and oxygen atoms in total. The van der Waals surface area contributed by atoms with Gasteiger partial charge in [-0.15, -0.1) is 0 Å². The van der Waals surface area contributed by atoms with E-state index in [9.17, 15) is 17.6 Å². The van der Waals surface area contributed by atoms with E-state index in [1.807, 2.05) is 0 Å². The summed E-state index contributed by atoms with van der Waals surface area (Å²) in [6.45, 7) is 2.77. The predicted molar refractivity (Wildman–Crippen MR) is 101 cm³/mol. The standard InChI is InChI=1S/C20H23FN2O3S/c1-15-9-10-16(20(24)22-14-17-7-3-4-8-18(17)21)13-19(15)27(25,26)23-11-5-2-6-12-23/h3-4,7-10,13H,2,5-6,11-12,14H2,1H3,(H,22,24). The number of sulfonamides is 1. The van der Waals surface area contributed by atoms with Gasteiger partial charge < -0.3 is 5.32 Å². The Hall–Kier alpha value is -2.25. The van der Waals surface area contributed by atoms with Gasteiger partial charge in [0.05, 0.1) is 4.90 Å². The zero-order chi connectivity index (χ0) is 19.4. The van der Waals surface area contributed by atoms with E-state index in [2.05, 4.69) is 5.32 Å². The number of aryl methyl sites for hydroxylation is 1. The average Bonchev–Trinajstić information content (AvgIpc) is 2.68. The van der Waals surface area contributed by atoms with E-state index in [4.69, 9.17) is 0 Å². The van der Waals surface area contributed by atoms with E-state index >= 15 is 0 Å². The van der Waals surface area contributed by atoms with Gasteiger partial charge in [0.2, 0.25) is 10.0 Å². The van der Waals surface area contributed by atoms with Gasteiger partial charge >= 0.3 is 0 Å². The van der Waals surface area contributed by atoms with Crippen LogP contribution < -0.4 is 5.32 Å². The third kappa shape index (κ3) is 4.36. The van der Waals surface area contributed by atoms with Crippen molar-refractivity contribution in [3.05, 3.63) is 65.0 Å². The normalized spacial score (nSPS) is 15.5. The maximum Gasteiger partial charge on any atom is 0.251 e. The van der Waals surface area contributed by atoms with Gasteiger partial charge in [0.1, 0.15) is 5.82 Å². The molecule has 0 aliphatic carbocycles. The van der Waals surface area contributed by atoms with Gasteiger partial charge in [-0.05, 0) is 43.5 Å². The van der Waals surface area contributed by atoms with Gasteiger partial charge in [0, 0.05) is 30.8 Å². The lowest BCUT2D eigenvalue weighted by Crippen LogP contribution is -2.36. The first-order valence-electron chi connectivity index (χ1n) is 9.02. The number of amides is 1. The van der Waals surface area contributed by atoms with Crippen LogP contribution in [0.5, 0.6) is 0 Å². The van der Waals surface area contributed by atoms with Crippen molar-refractivity contribution in [2.24, 2.45) is 0 Å². The number of hydrogen-bond acceptors (Lipinski definition) is 3. The first-order valence-corrected chi connectivity index (χ1v) is 10.5. The zero-order valence-electron chi connectivity index (χ0n) is 15.2. The molecule has 1 fully saturated rings. The molecule has 7 heteroatoms. The van der Waals surface area contributed by atoms with Gasteiger partial charge in [-0.25, -0.2) is 12.8 Å². The number of piperidine rings is 1. The highest BCUT2D eigenvalue weighted by Gasteiger charge is 2.28. The molecule has 0 saturated carbocycles. The van der Waals surface area contributed by atoms with Crippen LogP contribution in [0.15, 0.2) is 47.4 Å². The minimum absolute atomic E-state index is 0.0353. The third-order valence-electron chi connectivity index (χ3n) is 4.78. The van der Waals surface area contributed by atoms with E-state index in [0.29, 0.717) is 24.2 Å². The molecule has 2 aromatic carbocycles. The molecule has 1 N–H and O–H groups in total. The second-order valence-electron chi connectivity index (χ2n) is 6.72. The third-order valence-corrected chi connectivity index (χ3v) is 6.82. The highest BCUT2D eigenvalue weighted by Crippen LogP contribution is 2.24. The van der Waals surface area contributed by atoms with Crippen LogP contribution in [0.1, 0.15) is 40.7 Å². The first-order chi connectivity index (χ1) is 12.9. The van der Waals surface area contributed by atoms with E-state index in [1.165, 1.54) is 16.4 Å². The van der Waals surface area contributed by atoms with Gasteiger partial charge in [0.25, 0.3) is 5.91 Å². The molecule has 0 spiro atoms. The molecule has 2 aromatic rings. The minimum atomic E-state index is -3.63. The van der Waals surface area contributed by atoms with Crippen molar-refractivity contribution < 1.29 is 17.6 Å². The predicted octanol–water partition coefficient (Wildman–Crippen LogP) is 3.24. The monoisotopic (exact) mass is 390 g/mol. The Morgan fingerprint density at radius 3 is 2.52 bits per heavy atom. The summed E-state index contributed by atoms with van der Waals surface area (Å²) in [5.74, 6) is -0.830. The molecule has 1 heterocycles. The fraction of sp³-hybridized carbons (Fsp3) is 0.350. The van der Waals surface area contributed by atoms with Crippen LogP contribution in [0.2, 0.25) is 0 Å². The number of rotatable bonds is 5. The Morgan fingerprint density at radius 2 is 1.81 bits per heavy atom. The van der Waals surface area contributed by atoms with Gasteiger partial charge in [0.15, 0.2) is 0 Å². The molecule has 0 radical (unpaired) electrons. The molecular formula is C20H23FN2O3S. The van der Waals surface area contributed by atoms with E-state index in [0.717, 1.165) is 19.3 Å². The smallest absolute Gasteiger partial charge is 0.251 e. The van der Waals surface area contributed by atoms with E-state index in [-0.39, 0.29) is 17.0 Å². The lowest BCUT2D eigenvalue weighted by molar-refractivity contribution is 0.0950. The molecule has 27 heavy (non-hydrogen) atoms. The number of halogens is 1. The van der Waals surface area contributed by atoms with Crippen LogP contribution in [-0.4, -0.2) is 31.7 Å². The quantitative estimate of drug-likeness (QED) is 0.852. The average molecular weight is 390 g/mol. The van der Waals surface area contributed by atoms with E-state index < -0.39 is 21.7 Å². The van der Waals surface area contributed by atoms with Crippen molar-refractivity contribution in [3.63, 3.8) is 0 Å². The van der Waals surface area contributed by atoms with Crippen molar-refractivity contribution in [2.45, 2.75) is 37.6 Å². The number of carbonyl (C=O) groups excluding carboxylic acids is 1. The molecule has 0 bridgehead atoms. The summed E-state index contributed by atoms with van der Waals surface area (Å²) in [7, 11) is -3.63.